The molecule has 1 aromatic heterocycles. The number of aromatic amines is 1. The molecule has 1 amide bonds. The van der Waals surface area contributed by atoms with Gasteiger partial charge >= 0.3 is 5.69 Å². The molecule has 1 aromatic carbocycles. The van der Waals surface area contributed by atoms with E-state index < -0.39 is 37.9 Å². The number of carbonyl (C=O) groups is 1. The molecule has 0 spiro atoms. The number of carbonyl (C=O) groups excluding carboxylic acids is 1. The third-order valence-electron chi connectivity index (χ3n) is 5.20. The summed E-state index contributed by atoms with van der Waals surface area (Å²) in [5, 5.41) is 0. The molecule has 1 heterocycles. The summed E-state index contributed by atoms with van der Waals surface area (Å²) in [4.78, 5) is 40.8. The highest BCUT2D eigenvalue weighted by atomic mass is 32.2. The first kappa shape index (κ1) is 27.2. The van der Waals surface area contributed by atoms with Gasteiger partial charge in [-0.15, -0.1) is 0 Å². The van der Waals surface area contributed by atoms with Crippen LogP contribution < -0.4 is 21.9 Å². The normalized spacial score (nSPS) is 11.7. The minimum absolute atomic E-state index is 0.00330. The highest BCUT2D eigenvalue weighted by molar-refractivity contribution is 7.89. The van der Waals surface area contributed by atoms with Crippen LogP contribution in [0.1, 0.15) is 37.6 Å². The summed E-state index contributed by atoms with van der Waals surface area (Å²) in [5.41, 5.74) is 4.02. The topological polar surface area (TPSA) is 148 Å². The third-order valence-corrected chi connectivity index (χ3v) is 7.26. The van der Waals surface area contributed by atoms with Crippen molar-refractivity contribution < 1.29 is 22.3 Å². The van der Waals surface area contributed by atoms with Gasteiger partial charge in [0, 0.05) is 38.9 Å². The Bertz CT molecular complexity index is 1250. The van der Waals surface area contributed by atoms with E-state index >= 15 is 0 Å². The van der Waals surface area contributed by atoms with Crippen LogP contribution in [0.4, 0.5) is 15.9 Å². The average Bonchev–Trinajstić information content (AvgIpc) is 2.79. The van der Waals surface area contributed by atoms with Crippen molar-refractivity contribution in [2.75, 3.05) is 44.0 Å². The Hall–Kier alpha value is -3.03. The standard InChI is InChI=1S/C21H30FN5O6S/c1-5-10-27-18(23)17(19(28)24-21(27)30)26(11-12-33-4)20(29)14-8-9-15(22)16(13-14)34(31,32)25(6-2)7-3/h8-9,13H,5-7,10-12,23H2,1-4H3,(H,24,28,30). The Morgan fingerprint density at radius 1 is 1.21 bits per heavy atom. The molecule has 34 heavy (non-hydrogen) atoms. The van der Waals surface area contributed by atoms with E-state index in [0.29, 0.717) is 6.42 Å². The van der Waals surface area contributed by atoms with Crippen molar-refractivity contribution in [3.05, 3.63) is 50.4 Å². The molecular formula is C21H30FN5O6S. The number of methoxy groups -OCH3 is 1. The summed E-state index contributed by atoms with van der Waals surface area (Å²) < 4.78 is 47.6. The maximum atomic E-state index is 14.5. The molecule has 0 fully saturated rings. The first-order valence-corrected chi connectivity index (χ1v) is 12.2. The number of nitrogens with zero attached hydrogens (tertiary/aromatic N) is 3. The number of aromatic nitrogens is 2. The van der Waals surface area contributed by atoms with Gasteiger partial charge in [0.25, 0.3) is 11.5 Å². The van der Waals surface area contributed by atoms with Crippen molar-refractivity contribution in [2.24, 2.45) is 0 Å². The number of nitrogens with one attached hydrogen (secondary N) is 1. The van der Waals surface area contributed by atoms with Gasteiger partial charge in [0.15, 0.2) is 5.69 Å². The zero-order valence-electron chi connectivity index (χ0n) is 19.6. The zero-order chi connectivity index (χ0) is 25.6. The fourth-order valence-electron chi connectivity index (χ4n) is 3.47. The van der Waals surface area contributed by atoms with Crippen molar-refractivity contribution in [2.45, 2.75) is 38.6 Å². The Balaban J connectivity index is 2.69. The fraction of sp³-hybridized carbons (Fsp3) is 0.476. The van der Waals surface area contributed by atoms with Crippen LogP contribution in [0.3, 0.4) is 0 Å². The molecule has 0 saturated carbocycles. The number of H-pyrrole nitrogens is 1. The molecule has 2 rings (SSSR count). The van der Waals surface area contributed by atoms with Gasteiger partial charge in [-0.1, -0.05) is 20.8 Å². The number of hydrogen-bond acceptors (Lipinski definition) is 7. The Labute approximate surface area is 197 Å². The first-order chi connectivity index (χ1) is 16.0. The lowest BCUT2D eigenvalue weighted by Crippen LogP contribution is -2.42. The molecule has 0 aliphatic heterocycles. The molecule has 0 aliphatic rings. The summed E-state index contributed by atoms with van der Waals surface area (Å²) in [6.07, 6.45) is 0.534. The van der Waals surface area contributed by atoms with Gasteiger partial charge in [-0.3, -0.25) is 24.0 Å². The van der Waals surface area contributed by atoms with Gasteiger partial charge in [0.1, 0.15) is 16.5 Å². The van der Waals surface area contributed by atoms with E-state index in [-0.39, 0.29) is 49.9 Å². The second-order valence-corrected chi connectivity index (χ2v) is 9.24. The lowest BCUT2D eigenvalue weighted by Gasteiger charge is -2.25. The second-order valence-electron chi connectivity index (χ2n) is 7.33. The van der Waals surface area contributed by atoms with E-state index in [1.54, 1.807) is 20.8 Å². The van der Waals surface area contributed by atoms with Crippen molar-refractivity contribution in [1.29, 1.82) is 0 Å². The molecule has 188 valence electrons. The summed E-state index contributed by atoms with van der Waals surface area (Å²) in [6, 6.07) is 2.92. The van der Waals surface area contributed by atoms with Crippen LogP contribution in [-0.2, 0) is 21.3 Å². The highest BCUT2D eigenvalue weighted by Crippen LogP contribution is 2.24. The number of nitrogens with two attached hydrogens (primary N) is 1. The molecule has 0 radical (unpaired) electrons. The average molecular weight is 500 g/mol. The summed E-state index contributed by atoms with van der Waals surface area (Å²) in [6.45, 7) is 5.32. The quantitative estimate of drug-likeness (QED) is 0.468. The predicted octanol–water partition coefficient (Wildman–Crippen LogP) is 0.992. The molecular weight excluding hydrogens is 469 g/mol. The van der Waals surface area contributed by atoms with Crippen molar-refractivity contribution in [3.63, 3.8) is 0 Å². The molecule has 0 bridgehead atoms. The van der Waals surface area contributed by atoms with Crippen LogP contribution in [0.25, 0.3) is 0 Å². The van der Waals surface area contributed by atoms with Crippen LogP contribution in [0.5, 0.6) is 0 Å². The van der Waals surface area contributed by atoms with Crippen molar-refractivity contribution in [1.82, 2.24) is 13.9 Å². The highest BCUT2D eigenvalue weighted by Gasteiger charge is 2.29. The number of amides is 1. The SMILES string of the molecule is CCCn1c(N)c(N(CCOC)C(=O)c2ccc(F)c(S(=O)(=O)N(CC)CC)c2)c(=O)[nH]c1=O. The lowest BCUT2D eigenvalue weighted by molar-refractivity contribution is 0.0975. The first-order valence-electron chi connectivity index (χ1n) is 10.8. The van der Waals surface area contributed by atoms with Gasteiger partial charge in [-0.05, 0) is 24.6 Å². The largest absolute Gasteiger partial charge is 0.383 e. The number of ether oxygens (including phenoxy) is 1. The number of anilines is 2. The van der Waals surface area contributed by atoms with E-state index in [1.165, 1.54) is 7.11 Å². The van der Waals surface area contributed by atoms with Crippen LogP contribution in [0.2, 0.25) is 0 Å². The number of halogens is 1. The fourth-order valence-corrected chi connectivity index (χ4v) is 5.02. The van der Waals surface area contributed by atoms with Crippen molar-refractivity contribution in [3.8, 4) is 0 Å². The smallest absolute Gasteiger partial charge is 0.330 e. The van der Waals surface area contributed by atoms with Crippen LogP contribution in [-0.4, -0.2) is 61.5 Å². The number of nitrogen functional groups attached to an aromatic ring is 1. The van der Waals surface area contributed by atoms with Crippen LogP contribution in [0.15, 0.2) is 32.7 Å². The Kier molecular flexibility index (Phi) is 9.13. The van der Waals surface area contributed by atoms with Crippen LogP contribution in [0, 0.1) is 5.82 Å². The summed E-state index contributed by atoms with van der Waals surface area (Å²) in [7, 11) is -2.82. The Morgan fingerprint density at radius 2 is 1.85 bits per heavy atom. The molecule has 0 atom stereocenters. The number of hydrogen-bond donors (Lipinski definition) is 2. The molecule has 0 aliphatic carbocycles. The van der Waals surface area contributed by atoms with Gasteiger partial charge in [-0.25, -0.2) is 17.6 Å². The Morgan fingerprint density at radius 3 is 2.41 bits per heavy atom. The number of rotatable bonds is 11. The van der Waals surface area contributed by atoms with E-state index in [1.807, 2.05) is 0 Å². The summed E-state index contributed by atoms with van der Waals surface area (Å²) >= 11 is 0. The predicted molar refractivity (Wildman–Crippen MR) is 126 cm³/mol. The molecule has 13 heteroatoms. The van der Waals surface area contributed by atoms with Gasteiger partial charge in [0.05, 0.1) is 6.61 Å². The van der Waals surface area contributed by atoms with Gasteiger partial charge < -0.3 is 10.5 Å². The second kappa shape index (κ2) is 11.4. The maximum absolute atomic E-state index is 14.5. The van der Waals surface area contributed by atoms with Crippen LogP contribution >= 0.6 is 0 Å². The molecule has 2 aromatic rings. The minimum Gasteiger partial charge on any atom is -0.383 e. The minimum atomic E-state index is -4.21. The maximum Gasteiger partial charge on any atom is 0.330 e. The molecule has 0 saturated heterocycles. The lowest BCUT2D eigenvalue weighted by atomic mass is 10.2. The van der Waals surface area contributed by atoms with Gasteiger partial charge in [0.2, 0.25) is 10.0 Å². The number of sulfonamides is 1. The van der Waals surface area contributed by atoms with E-state index in [9.17, 15) is 27.2 Å². The summed E-state index contributed by atoms with van der Waals surface area (Å²) in [5.74, 6) is -2.05. The number of benzene rings is 1. The van der Waals surface area contributed by atoms with Crippen molar-refractivity contribution >= 4 is 27.4 Å². The zero-order valence-corrected chi connectivity index (χ0v) is 20.4. The monoisotopic (exact) mass is 499 g/mol. The van der Waals surface area contributed by atoms with Gasteiger partial charge in [-0.2, -0.15) is 4.31 Å². The molecule has 11 nitrogen and oxygen atoms in total. The third kappa shape index (κ3) is 5.37. The van der Waals surface area contributed by atoms with E-state index in [0.717, 1.165) is 32.0 Å². The molecule has 3 N–H and O–H groups in total. The molecule has 0 unspecified atom stereocenters. The van der Waals surface area contributed by atoms with E-state index in [2.05, 4.69) is 4.98 Å². The van der Waals surface area contributed by atoms with E-state index in [4.69, 9.17) is 10.5 Å².